The first-order valence-electron chi connectivity index (χ1n) is 6.30. The van der Waals surface area contributed by atoms with Gasteiger partial charge >= 0.3 is 5.97 Å². The minimum atomic E-state index is -1.13. The van der Waals surface area contributed by atoms with Crippen LogP contribution in [0.2, 0.25) is 0 Å². The molecule has 1 aromatic carbocycles. The lowest BCUT2D eigenvalue weighted by molar-refractivity contribution is -0.131. The van der Waals surface area contributed by atoms with Gasteiger partial charge in [0.15, 0.2) is 0 Å². The Kier molecular flexibility index (Phi) is 4.50. The number of rotatable bonds is 4. The summed E-state index contributed by atoms with van der Waals surface area (Å²) in [6.07, 6.45) is 8.47. The van der Waals surface area contributed by atoms with Gasteiger partial charge in [-0.05, 0) is 17.6 Å². The van der Waals surface area contributed by atoms with Gasteiger partial charge in [0.05, 0.1) is 6.04 Å². The maximum atomic E-state index is 11.5. The third-order valence-electron chi connectivity index (χ3n) is 2.91. The molecular weight excluding hydrogens is 254 g/mol. The Labute approximate surface area is 117 Å². The van der Waals surface area contributed by atoms with Crippen molar-refractivity contribution in [3.8, 4) is 0 Å². The molecule has 4 nitrogen and oxygen atoms in total. The summed E-state index contributed by atoms with van der Waals surface area (Å²) in [5.74, 6) is -1.54. The summed E-state index contributed by atoms with van der Waals surface area (Å²) in [7, 11) is 0. The Morgan fingerprint density at radius 1 is 1.20 bits per heavy atom. The van der Waals surface area contributed by atoms with Crippen LogP contribution in [0, 0.1) is 0 Å². The van der Waals surface area contributed by atoms with Gasteiger partial charge in [0.25, 0.3) is 0 Å². The molecule has 1 unspecified atom stereocenters. The van der Waals surface area contributed by atoms with Crippen molar-refractivity contribution in [1.82, 2.24) is 5.32 Å². The van der Waals surface area contributed by atoms with Gasteiger partial charge in [0.2, 0.25) is 5.91 Å². The minimum Gasteiger partial charge on any atom is -0.478 e. The van der Waals surface area contributed by atoms with Gasteiger partial charge in [-0.15, -0.1) is 0 Å². The van der Waals surface area contributed by atoms with Crippen molar-refractivity contribution in [2.75, 3.05) is 0 Å². The molecule has 0 spiro atoms. The standard InChI is InChI=1S/C16H15NO3/c18-15(10-11-16(19)20)17-14-8-6-13(7-9-14)12-4-2-1-3-5-12/h1-8,10-11,14H,9H2,(H,17,18)(H,19,20)/b11-10+. The SMILES string of the molecule is O=C(O)/C=C/C(=O)NC1C=CC(c2ccccc2)=CC1. The highest BCUT2D eigenvalue weighted by atomic mass is 16.4. The second-order valence-electron chi connectivity index (χ2n) is 4.41. The van der Waals surface area contributed by atoms with Gasteiger partial charge in [-0.2, -0.15) is 0 Å². The second-order valence-corrected chi connectivity index (χ2v) is 4.41. The van der Waals surface area contributed by atoms with Crippen LogP contribution >= 0.6 is 0 Å². The van der Waals surface area contributed by atoms with E-state index in [9.17, 15) is 9.59 Å². The van der Waals surface area contributed by atoms with Crippen LogP contribution in [0.1, 0.15) is 12.0 Å². The molecule has 0 heterocycles. The van der Waals surface area contributed by atoms with Crippen LogP contribution in [0.4, 0.5) is 0 Å². The first kappa shape index (κ1) is 13.8. The summed E-state index contributed by atoms with van der Waals surface area (Å²) in [5.41, 5.74) is 2.26. The van der Waals surface area contributed by atoms with Gasteiger partial charge in [0, 0.05) is 12.2 Å². The van der Waals surface area contributed by atoms with Gasteiger partial charge in [-0.25, -0.2) is 4.79 Å². The minimum absolute atomic E-state index is 0.103. The predicted octanol–water partition coefficient (Wildman–Crippen LogP) is 2.16. The Hall–Kier alpha value is -2.62. The van der Waals surface area contributed by atoms with Crippen LogP contribution < -0.4 is 5.32 Å². The quantitative estimate of drug-likeness (QED) is 0.823. The maximum absolute atomic E-state index is 11.5. The van der Waals surface area contributed by atoms with Crippen molar-refractivity contribution in [3.63, 3.8) is 0 Å². The molecule has 0 aliphatic heterocycles. The zero-order valence-corrected chi connectivity index (χ0v) is 10.8. The Balaban J connectivity index is 1.92. The summed E-state index contributed by atoms with van der Waals surface area (Å²) in [6, 6.07) is 9.89. The van der Waals surface area contributed by atoms with Crippen LogP contribution in [-0.4, -0.2) is 23.0 Å². The largest absolute Gasteiger partial charge is 0.478 e. The Bertz CT molecular complexity index is 585. The fraction of sp³-hybridized carbons (Fsp3) is 0.125. The number of carboxylic acid groups (broad SMARTS) is 1. The van der Waals surface area contributed by atoms with Crippen molar-refractivity contribution in [2.24, 2.45) is 0 Å². The van der Waals surface area contributed by atoms with Crippen LogP contribution in [0.5, 0.6) is 0 Å². The van der Waals surface area contributed by atoms with Gasteiger partial charge in [0.1, 0.15) is 0 Å². The highest BCUT2D eigenvalue weighted by Gasteiger charge is 2.11. The van der Waals surface area contributed by atoms with E-state index in [4.69, 9.17) is 5.11 Å². The number of allylic oxidation sites excluding steroid dienone is 2. The van der Waals surface area contributed by atoms with Crippen LogP contribution in [-0.2, 0) is 9.59 Å². The number of amides is 1. The van der Waals surface area contributed by atoms with Crippen molar-refractivity contribution in [3.05, 3.63) is 66.3 Å². The van der Waals surface area contributed by atoms with Gasteiger partial charge in [-0.1, -0.05) is 48.6 Å². The number of carbonyl (C=O) groups is 2. The first-order chi connectivity index (χ1) is 9.65. The van der Waals surface area contributed by atoms with Crippen molar-refractivity contribution in [1.29, 1.82) is 0 Å². The fourth-order valence-electron chi connectivity index (χ4n) is 1.95. The molecule has 4 heteroatoms. The zero-order valence-electron chi connectivity index (χ0n) is 10.8. The molecule has 1 aliphatic carbocycles. The lowest BCUT2D eigenvalue weighted by Gasteiger charge is -2.17. The summed E-state index contributed by atoms with van der Waals surface area (Å²) < 4.78 is 0. The average Bonchev–Trinajstić information content (AvgIpc) is 2.47. The normalized spacial score (nSPS) is 17.8. The lowest BCUT2D eigenvalue weighted by atomic mass is 9.97. The molecule has 1 atom stereocenters. The van der Waals surface area contributed by atoms with E-state index in [-0.39, 0.29) is 6.04 Å². The molecule has 0 aromatic heterocycles. The van der Waals surface area contributed by atoms with E-state index in [0.29, 0.717) is 6.42 Å². The highest BCUT2D eigenvalue weighted by Crippen LogP contribution is 2.20. The number of nitrogens with one attached hydrogen (secondary N) is 1. The number of carbonyl (C=O) groups excluding carboxylic acids is 1. The fourth-order valence-corrected chi connectivity index (χ4v) is 1.95. The van der Waals surface area contributed by atoms with E-state index in [1.165, 1.54) is 0 Å². The molecule has 0 saturated heterocycles. The molecule has 0 saturated carbocycles. The molecule has 0 fully saturated rings. The van der Waals surface area contributed by atoms with E-state index in [1.54, 1.807) is 0 Å². The molecule has 20 heavy (non-hydrogen) atoms. The number of carboxylic acids is 1. The molecule has 1 aliphatic rings. The molecule has 102 valence electrons. The number of hydrogen-bond donors (Lipinski definition) is 2. The topological polar surface area (TPSA) is 66.4 Å². The Morgan fingerprint density at radius 3 is 2.55 bits per heavy atom. The highest BCUT2D eigenvalue weighted by molar-refractivity contribution is 5.94. The molecule has 2 N–H and O–H groups in total. The maximum Gasteiger partial charge on any atom is 0.328 e. The summed E-state index contributed by atoms with van der Waals surface area (Å²) >= 11 is 0. The molecule has 1 aromatic rings. The van der Waals surface area contributed by atoms with Crippen LogP contribution in [0.25, 0.3) is 5.57 Å². The lowest BCUT2D eigenvalue weighted by Crippen LogP contribution is -2.32. The second kappa shape index (κ2) is 6.52. The number of aliphatic carboxylic acids is 1. The molecule has 0 radical (unpaired) electrons. The van der Waals surface area contributed by atoms with E-state index in [0.717, 1.165) is 23.3 Å². The van der Waals surface area contributed by atoms with Crippen molar-refractivity contribution < 1.29 is 14.7 Å². The predicted molar refractivity (Wildman–Crippen MR) is 76.9 cm³/mol. The smallest absolute Gasteiger partial charge is 0.328 e. The third-order valence-corrected chi connectivity index (χ3v) is 2.91. The summed E-state index contributed by atoms with van der Waals surface area (Å²) in [6.45, 7) is 0. The average molecular weight is 269 g/mol. The molecule has 1 amide bonds. The zero-order chi connectivity index (χ0) is 14.4. The summed E-state index contributed by atoms with van der Waals surface area (Å²) in [4.78, 5) is 21.8. The van der Waals surface area contributed by atoms with E-state index in [1.807, 2.05) is 42.5 Å². The molecule has 2 rings (SSSR count). The number of benzene rings is 1. The number of hydrogen-bond acceptors (Lipinski definition) is 2. The van der Waals surface area contributed by atoms with Crippen molar-refractivity contribution in [2.45, 2.75) is 12.5 Å². The Morgan fingerprint density at radius 2 is 1.95 bits per heavy atom. The van der Waals surface area contributed by atoms with E-state index < -0.39 is 11.9 Å². The van der Waals surface area contributed by atoms with E-state index in [2.05, 4.69) is 11.4 Å². The van der Waals surface area contributed by atoms with Crippen molar-refractivity contribution >= 4 is 17.4 Å². The van der Waals surface area contributed by atoms with Crippen LogP contribution in [0.3, 0.4) is 0 Å². The monoisotopic (exact) mass is 269 g/mol. The summed E-state index contributed by atoms with van der Waals surface area (Å²) in [5, 5.41) is 11.2. The molecular formula is C16H15NO3. The molecule has 0 bridgehead atoms. The van der Waals surface area contributed by atoms with E-state index >= 15 is 0 Å². The first-order valence-corrected chi connectivity index (χ1v) is 6.30. The van der Waals surface area contributed by atoms with Crippen LogP contribution in [0.15, 0.2) is 60.7 Å². The third kappa shape index (κ3) is 3.95. The van der Waals surface area contributed by atoms with Gasteiger partial charge in [-0.3, -0.25) is 4.79 Å². The van der Waals surface area contributed by atoms with Gasteiger partial charge < -0.3 is 10.4 Å².